The van der Waals surface area contributed by atoms with Crippen LogP contribution in [0.25, 0.3) is 0 Å². The summed E-state index contributed by atoms with van der Waals surface area (Å²) in [6, 6.07) is 0.357. The lowest BCUT2D eigenvalue weighted by Gasteiger charge is -2.37. The van der Waals surface area contributed by atoms with Gasteiger partial charge in [0.1, 0.15) is 6.04 Å². The van der Waals surface area contributed by atoms with Crippen molar-refractivity contribution in [3.05, 3.63) is 0 Å². The third-order valence-electron chi connectivity index (χ3n) is 5.59. The van der Waals surface area contributed by atoms with E-state index in [1.54, 1.807) is 0 Å². The quantitative estimate of drug-likeness (QED) is 0.845. The van der Waals surface area contributed by atoms with Gasteiger partial charge in [0.25, 0.3) is 0 Å². The summed E-state index contributed by atoms with van der Waals surface area (Å²) in [5.41, 5.74) is 0. The Kier molecular flexibility index (Phi) is 4.71. The molecule has 0 bridgehead atoms. The van der Waals surface area contributed by atoms with E-state index in [1.807, 2.05) is 4.90 Å². The topological polar surface area (TPSA) is 60.9 Å². The first-order valence-corrected chi connectivity index (χ1v) is 8.84. The molecule has 1 heterocycles. The van der Waals surface area contributed by atoms with Crippen LogP contribution in [0.1, 0.15) is 58.3 Å². The first kappa shape index (κ1) is 15.8. The number of carbonyl (C=O) groups is 2. The fourth-order valence-electron chi connectivity index (χ4n) is 4.13. The SMILES string of the molecule is CC1CCC(N(C(=O)CN2CCC[C@@H]2C(=O)O)C2CC2)CC1. The lowest BCUT2D eigenvalue weighted by Crippen LogP contribution is -2.49. The van der Waals surface area contributed by atoms with E-state index in [-0.39, 0.29) is 5.91 Å². The van der Waals surface area contributed by atoms with Crippen LogP contribution in [-0.2, 0) is 9.59 Å². The molecule has 2 saturated carbocycles. The summed E-state index contributed by atoms with van der Waals surface area (Å²) in [7, 11) is 0. The molecule has 124 valence electrons. The van der Waals surface area contributed by atoms with Crippen LogP contribution in [0.15, 0.2) is 0 Å². The molecule has 0 aromatic rings. The van der Waals surface area contributed by atoms with Gasteiger partial charge in [-0.15, -0.1) is 0 Å². The van der Waals surface area contributed by atoms with Gasteiger partial charge in [-0.2, -0.15) is 0 Å². The standard InChI is InChI=1S/C17H28N2O3/c1-12-4-6-13(7-5-12)19(14-8-9-14)16(20)11-18-10-2-3-15(18)17(21)22/h12-15H,2-11H2,1H3,(H,21,22)/t12?,13?,15-/m1/s1. The van der Waals surface area contributed by atoms with Gasteiger partial charge in [-0.1, -0.05) is 6.92 Å². The molecule has 3 fully saturated rings. The van der Waals surface area contributed by atoms with Gasteiger partial charge in [-0.25, -0.2) is 0 Å². The van der Waals surface area contributed by atoms with Gasteiger partial charge in [-0.05, 0) is 63.8 Å². The zero-order chi connectivity index (χ0) is 15.7. The molecule has 0 radical (unpaired) electrons. The molecule has 0 aromatic carbocycles. The lowest BCUT2D eigenvalue weighted by atomic mass is 9.86. The molecule has 1 N–H and O–H groups in total. The van der Waals surface area contributed by atoms with Crippen LogP contribution >= 0.6 is 0 Å². The van der Waals surface area contributed by atoms with Crippen molar-refractivity contribution in [3.8, 4) is 0 Å². The predicted molar refractivity (Wildman–Crippen MR) is 83.5 cm³/mol. The van der Waals surface area contributed by atoms with Crippen LogP contribution < -0.4 is 0 Å². The largest absolute Gasteiger partial charge is 0.480 e. The minimum Gasteiger partial charge on any atom is -0.480 e. The fourth-order valence-corrected chi connectivity index (χ4v) is 4.13. The molecule has 2 aliphatic carbocycles. The van der Waals surface area contributed by atoms with Crippen molar-refractivity contribution in [3.63, 3.8) is 0 Å². The minimum atomic E-state index is -0.783. The van der Waals surface area contributed by atoms with Crippen LogP contribution in [-0.4, -0.2) is 58.0 Å². The zero-order valence-corrected chi connectivity index (χ0v) is 13.5. The Morgan fingerprint density at radius 3 is 2.18 bits per heavy atom. The van der Waals surface area contributed by atoms with Crippen LogP contribution in [0.2, 0.25) is 0 Å². The monoisotopic (exact) mass is 308 g/mol. The second-order valence-corrected chi connectivity index (χ2v) is 7.41. The average Bonchev–Trinajstić information content (AvgIpc) is 3.19. The van der Waals surface area contributed by atoms with Crippen molar-refractivity contribution in [2.75, 3.05) is 13.1 Å². The summed E-state index contributed by atoms with van der Waals surface area (Å²) in [5, 5.41) is 9.27. The van der Waals surface area contributed by atoms with Crippen LogP contribution in [0, 0.1) is 5.92 Å². The number of amides is 1. The number of aliphatic carboxylic acids is 1. The first-order chi connectivity index (χ1) is 10.6. The molecular weight excluding hydrogens is 280 g/mol. The van der Waals surface area contributed by atoms with E-state index in [1.165, 1.54) is 12.8 Å². The third kappa shape index (κ3) is 3.45. The van der Waals surface area contributed by atoms with E-state index in [2.05, 4.69) is 11.8 Å². The number of carboxylic acids is 1. The highest BCUT2D eigenvalue weighted by Crippen LogP contribution is 2.35. The molecule has 0 aromatic heterocycles. The molecule has 0 unspecified atom stereocenters. The molecule has 3 rings (SSSR count). The highest BCUT2D eigenvalue weighted by molar-refractivity contribution is 5.81. The molecule has 1 saturated heterocycles. The zero-order valence-electron chi connectivity index (χ0n) is 13.5. The van der Waals surface area contributed by atoms with E-state index in [9.17, 15) is 14.7 Å². The van der Waals surface area contributed by atoms with Crippen molar-refractivity contribution < 1.29 is 14.7 Å². The summed E-state index contributed by atoms with van der Waals surface area (Å²) in [6.07, 6.45) is 8.46. The minimum absolute atomic E-state index is 0.162. The Hall–Kier alpha value is -1.10. The Labute approximate surface area is 132 Å². The third-order valence-corrected chi connectivity index (χ3v) is 5.59. The van der Waals surface area contributed by atoms with Crippen LogP contribution in [0.5, 0.6) is 0 Å². The van der Waals surface area contributed by atoms with Crippen molar-refractivity contribution in [2.24, 2.45) is 5.92 Å². The predicted octanol–water partition coefficient (Wildman–Crippen LogP) is 2.11. The first-order valence-electron chi connectivity index (χ1n) is 8.84. The summed E-state index contributed by atoms with van der Waals surface area (Å²) >= 11 is 0. The summed E-state index contributed by atoms with van der Waals surface area (Å²) in [5.74, 6) is 0.160. The normalized spacial score (nSPS) is 32.9. The van der Waals surface area contributed by atoms with Crippen LogP contribution in [0.4, 0.5) is 0 Å². The Bertz CT molecular complexity index is 428. The molecular formula is C17H28N2O3. The van der Waals surface area contributed by atoms with E-state index in [0.717, 1.165) is 44.6 Å². The van der Waals surface area contributed by atoms with Crippen molar-refractivity contribution in [2.45, 2.75) is 76.4 Å². The van der Waals surface area contributed by atoms with Gasteiger partial charge >= 0.3 is 5.97 Å². The second-order valence-electron chi connectivity index (χ2n) is 7.41. The Balaban J connectivity index is 1.62. The maximum atomic E-state index is 12.8. The fraction of sp³-hybridized carbons (Fsp3) is 0.882. The number of hydrogen-bond donors (Lipinski definition) is 1. The maximum Gasteiger partial charge on any atom is 0.320 e. The molecule has 22 heavy (non-hydrogen) atoms. The molecule has 1 aliphatic heterocycles. The summed E-state index contributed by atoms with van der Waals surface area (Å²) in [4.78, 5) is 28.1. The molecule has 1 atom stereocenters. The molecule has 0 spiro atoms. The van der Waals surface area contributed by atoms with Gasteiger partial charge in [0, 0.05) is 12.1 Å². The van der Waals surface area contributed by atoms with E-state index < -0.39 is 12.0 Å². The maximum absolute atomic E-state index is 12.8. The van der Waals surface area contributed by atoms with Crippen molar-refractivity contribution in [1.82, 2.24) is 9.80 Å². The number of likely N-dealkylation sites (tertiary alicyclic amines) is 1. The summed E-state index contributed by atoms with van der Waals surface area (Å²) < 4.78 is 0. The Morgan fingerprint density at radius 2 is 1.64 bits per heavy atom. The van der Waals surface area contributed by atoms with Gasteiger partial charge in [-0.3, -0.25) is 14.5 Å². The molecule has 3 aliphatic rings. The molecule has 5 nitrogen and oxygen atoms in total. The van der Waals surface area contributed by atoms with Gasteiger partial charge < -0.3 is 10.0 Å². The van der Waals surface area contributed by atoms with E-state index in [0.29, 0.717) is 25.0 Å². The highest BCUT2D eigenvalue weighted by atomic mass is 16.4. The molecule has 1 amide bonds. The number of carboxylic acid groups (broad SMARTS) is 1. The van der Waals surface area contributed by atoms with Crippen molar-refractivity contribution in [1.29, 1.82) is 0 Å². The lowest BCUT2D eigenvalue weighted by molar-refractivity contribution is -0.144. The van der Waals surface area contributed by atoms with Crippen LogP contribution in [0.3, 0.4) is 0 Å². The number of carbonyl (C=O) groups excluding carboxylic acids is 1. The van der Waals surface area contributed by atoms with E-state index in [4.69, 9.17) is 0 Å². The summed E-state index contributed by atoms with van der Waals surface area (Å²) in [6.45, 7) is 3.32. The molecule has 5 heteroatoms. The van der Waals surface area contributed by atoms with Gasteiger partial charge in [0.2, 0.25) is 5.91 Å². The average molecular weight is 308 g/mol. The van der Waals surface area contributed by atoms with Gasteiger partial charge in [0.15, 0.2) is 0 Å². The number of nitrogens with zero attached hydrogens (tertiary/aromatic N) is 2. The number of rotatable bonds is 5. The highest BCUT2D eigenvalue weighted by Gasteiger charge is 2.40. The Morgan fingerprint density at radius 1 is 1.05 bits per heavy atom. The van der Waals surface area contributed by atoms with Gasteiger partial charge in [0.05, 0.1) is 6.54 Å². The van der Waals surface area contributed by atoms with E-state index >= 15 is 0 Å². The smallest absolute Gasteiger partial charge is 0.320 e. The number of hydrogen-bond acceptors (Lipinski definition) is 3. The van der Waals surface area contributed by atoms with Crippen molar-refractivity contribution >= 4 is 11.9 Å². The second kappa shape index (κ2) is 6.57.